The van der Waals surface area contributed by atoms with Crippen molar-refractivity contribution in [1.29, 1.82) is 5.26 Å². The van der Waals surface area contributed by atoms with Crippen molar-refractivity contribution in [2.75, 3.05) is 0 Å². The molecule has 0 aromatic rings. The largest absolute Gasteiger partial charge is 0.388 e. The van der Waals surface area contributed by atoms with E-state index in [9.17, 15) is 9.90 Å². The highest BCUT2D eigenvalue weighted by atomic mass is 16.3. The van der Waals surface area contributed by atoms with E-state index >= 15 is 0 Å². The molecule has 2 atom stereocenters. The lowest BCUT2D eigenvalue weighted by molar-refractivity contribution is -0.113. The number of hydrogen-bond donors (Lipinski definition) is 1. The highest BCUT2D eigenvalue weighted by molar-refractivity contribution is 5.51. The summed E-state index contributed by atoms with van der Waals surface area (Å²) >= 11 is 0. The Morgan fingerprint density at radius 1 is 1.75 bits per heavy atom. The van der Waals surface area contributed by atoms with E-state index < -0.39 is 11.5 Å². The molecule has 0 amide bonds. The SMILES string of the molecule is CCCC(C#N)C(C)(O)CC=O. The van der Waals surface area contributed by atoms with Crippen molar-refractivity contribution in [1.82, 2.24) is 0 Å². The zero-order chi connectivity index (χ0) is 9.61. The van der Waals surface area contributed by atoms with E-state index in [1.807, 2.05) is 13.0 Å². The molecule has 0 radical (unpaired) electrons. The molecule has 2 unspecified atom stereocenters. The molecule has 0 rings (SSSR count). The van der Waals surface area contributed by atoms with Crippen LogP contribution < -0.4 is 0 Å². The predicted octanol–water partition coefficient (Wildman–Crippen LogP) is 1.27. The fraction of sp³-hybridized carbons (Fsp3) is 0.778. The van der Waals surface area contributed by atoms with Crippen molar-refractivity contribution >= 4 is 6.29 Å². The van der Waals surface area contributed by atoms with Crippen molar-refractivity contribution in [3.63, 3.8) is 0 Å². The molecule has 0 saturated carbocycles. The third kappa shape index (κ3) is 3.02. The summed E-state index contributed by atoms with van der Waals surface area (Å²) in [7, 11) is 0. The molecular weight excluding hydrogens is 154 g/mol. The predicted molar refractivity (Wildman–Crippen MR) is 45.3 cm³/mol. The molecule has 0 aliphatic heterocycles. The molecule has 0 fully saturated rings. The first-order valence-corrected chi connectivity index (χ1v) is 4.14. The Labute approximate surface area is 73.0 Å². The topological polar surface area (TPSA) is 61.1 Å². The standard InChI is InChI=1S/C9H15NO2/c1-3-4-8(7-10)9(2,12)5-6-11/h6,8,12H,3-5H2,1-2H3. The van der Waals surface area contributed by atoms with Crippen LogP contribution in [0.5, 0.6) is 0 Å². The van der Waals surface area contributed by atoms with E-state index in [1.165, 1.54) is 6.92 Å². The van der Waals surface area contributed by atoms with Crippen molar-refractivity contribution in [2.45, 2.75) is 38.7 Å². The van der Waals surface area contributed by atoms with Gasteiger partial charge in [-0.15, -0.1) is 0 Å². The number of aliphatic hydroxyl groups is 1. The second-order valence-electron chi connectivity index (χ2n) is 3.20. The molecule has 3 nitrogen and oxygen atoms in total. The number of carbonyl (C=O) groups excluding carboxylic acids is 1. The van der Waals surface area contributed by atoms with Crippen LogP contribution in [0.3, 0.4) is 0 Å². The third-order valence-corrected chi connectivity index (χ3v) is 1.98. The summed E-state index contributed by atoms with van der Waals surface area (Å²) < 4.78 is 0. The fourth-order valence-corrected chi connectivity index (χ4v) is 1.11. The summed E-state index contributed by atoms with van der Waals surface area (Å²) in [6, 6.07) is 2.02. The van der Waals surface area contributed by atoms with Crippen LogP contribution in [0.4, 0.5) is 0 Å². The first kappa shape index (κ1) is 11.1. The molecule has 0 aliphatic carbocycles. The Hall–Kier alpha value is -0.880. The van der Waals surface area contributed by atoms with E-state index in [-0.39, 0.29) is 6.42 Å². The molecule has 0 bridgehead atoms. The minimum absolute atomic E-state index is 0.0330. The van der Waals surface area contributed by atoms with Crippen LogP contribution in [0, 0.1) is 17.2 Å². The lowest BCUT2D eigenvalue weighted by Gasteiger charge is -2.25. The quantitative estimate of drug-likeness (QED) is 0.630. The Morgan fingerprint density at radius 2 is 2.33 bits per heavy atom. The average Bonchev–Trinajstić information content (AvgIpc) is 1.99. The average molecular weight is 169 g/mol. The highest BCUT2D eigenvalue weighted by Gasteiger charge is 2.30. The van der Waals surface area contributed by atoms with Gasteiger partial charge in [0.2, 0.25) is 0 Å². The fourth-order valence-electron chi connectivity index (χ4n) is 1.11. The van der Waals surface area contributed by atoms with E-state index in [2.05, 4.69) is 0 Å². The van der Waals surface area contributed by atoms with Gasteiger partial charge in [0.15, 0.2) is 0 Å². The Morgan fingerprint density at radius 3 is 2.67 bits per heavy atom. The van der Waals surface area contributed by atoms with Gasteiger partial charge in [-0.25, -0.2) is 0 Å². The summed E-state index contributed by atoms with van der Waals surface area (Å²) in [5.74, 6) is -0.437. The van der Waals surface area contributed by atoms with Gasteiger partial charge in [0.25, 0.3) is 0 Å². The number of nitrogens with zero attached hydrogens (tertiary/aromatic N) is 1. The molecule has 0 saturated heterocycles. The first-order valence-electron chi connectivity index (χ1n) is 4.14. The van der Waals surface area contributed by atoms with Crippen LogP contribution >= 0.6 is 0 Å². The van der Waals surface area contributed by atoms with Gasteiger partial charge in [0.05, 0.1) is 17.6 Å². The summed E-state index contributed by atoms with van der Waals surface area (Å²) in [5, 5.41) is 18.3. The number of carbonyl (C=O) groups is 1. The number of aldehydes is 1. The summed E-state index contributed by atoms with van der Waals surface area (Å²) in [4.78, 5) is 10.2. The van der Waals surface area contributed by atoms with Crippen LogP contribution in [0.2, 0.25) is 0 Å². The van der Waals surface area contributed by atoms with Gasteiger partial charge in [-0.2, -0.15) is 5.26 Å². The molecule has 0 aromatic heterocycles. The minimum Gasteiger partial charge on any atom is -0.388 e. The van der Waals surface area contributed by atoms with E-state index in [0.29, 0.717) is 12.7 Å². The van der Waals surface area contributed by atoms with E-state index in [1.54, 1.807) is 0 Å². The number of rotatable bonds is 5. The van der Waals surface area contributed by atoms with Crippen LogP contribution in [0.1, 0.15) is 33.1 Å². The Kier molecular flexibility index (Phi) is 4.53. The van der Waals surface area contributed by atoms with Crippen LogP contribution in [0.15, 0.2) is 0 Å². The maximum atomic E-state index is 10.2. The van der Waals surface area contributed by atoms with Gasteiger partial charge in [-0.3, -0.25) is 0 Å². The third-order valence-electron chi connectivity index (χ3n) is 1.98. The Balaban J connectivity index is 4.27. The first-order chi connectivity index (χ1) is 5.58. The molecule has 0 spiro atoms. The molecule has 0 aliphatic rings. The monoisotopic (exact) mass is 169 g/mol. The van der Waals surface area contributed by atoms with Crippen LogP contribution in [0.25, 0.3) is 0 Å². The van der Waals surface area contributed by atoms with Gasteiger partial charge < -0.3 is 9.90 Å². The van der Waals surface area contributed by atoms with Gasteiger partial charge >= 0.3 is 0 Å². The molecule has 3 heteroatoms. The summed E-state index contributed by atoms with van der Waals surface area (Å²) in [6.07, 6.45) is 2.16. The van der Waals surface area contributed by atoms with Crippen LogP contribution in [-0.2, 0) is 4.79 Å². The number of hydrogen-bond acceptors (Lipinski definition) is 3. The molecule has 12 heavy (non-hydrogen) atoms. The second-order valence-corrected chi connectivity index (χ2v) is 3.20. The minimum atomic E-state index is -1.16. The highest BCUT2D eigenvalue weighted by Crippen LogP contribution is 2.23. The molecule has 0 heterocycles. The summed E-state index contributed by atoms with van der Waals surface area (Å²) in [6.45, 7) is 3.48. The van der Waals surface area contributed by atoms with Crippen molar-refractivity contribution in [3.8, 4) is 6.07 Å². The van der Waals surface area contributed by atoms with Crippen molar-refractivity contribution in [3.05, 3.63) is 0 Å². The Bertz CT molecular complexity index is 181. The summed E-state index contributed by atoms with van der Waals surface area (Å²) in [5.41, 5.74) is -1.16. The van der Waals surface area contributed by atoms with Gasteiger partial charge in [-0.1, -0.05) is 13.3 Å². The van der Waals surface area contributed by atoms with Gasteiger partial charge in [0.1, 0.15) is 6.29 Å². The maximum Gasteiger partial charge on any atom is 0.122 e. The van der Waals surface area contributed by atoms with E-state index in [0.717, 1.165) is 6.42 Å². The normalized spacial score (nSPS) is 17.5. The van der Waals surface area contributed by atoms with Crippen LogP contribution in [-0.4, -0.2) is 17.0 Å². The molecular formula is C9H15NO2. The van der Waals surface area contributed by atoms with Gasteiger partial charge in [-0.05, 0) is 13.3 Å². The lowest BCUT2D eigenvalue weighted by atomic mass is 9.85. The number of nitriles is 1. The maximum absolute atomic E-state index is 10.2. The van der Waals surface area contributed by atoms with Crippen molar-refractivity contribution < 1.29 is 9.90 Å². The van der Waals surface area contributed by atoms with Crippen molar-refractivity contribution in [2.24, 2.45) is 5.92 Å². The zero-order valence-electron chi connectivity index (χ0n) is 7.58. The smallest absolute Gasteiger partial charge is 0.122 e. The second kappa shape index (κ2) is 4.89. The molecule has 68 valence electrons. The molecule has 1 N–H and O–H groups in total. The molecule has 0 aromatic carbocycles. The van der Waals surface area contributed by atoms with E-state index in [4.69, 9.17) is 5.26 Å². The zero-order valence-corrected chi connectivity index (χ0v) is 7.58. The lowest BCUT2D eigenvalue weighted by Crippen LogP contribution is -2.34. The van der Waals surface area contributed by atoms with Gasteiger partial charge in [0, 0.05) is 6.42 Å².